The van der Waals surface area contributed by atoms with Crippen molar-refractivity contribution in [1.82, 2.24) is 9.80 Å². The Hall–Kier alpha value is -1.55. The van der Waals surface area contributed by atoms with Crippen LogP contribution in [-0.2, 0) is 6.54 Å². The van der Waals surface area contributed by atoms with Crippen molar-refractivity contribution in [2.45, 2.75) is 26.3 Å². The minimum atomic E-state index is 0.131. The Bertz CT molecular complexity index is 413. The maximum atomic E-state index is 12.6. The summed E-state index contributed by atoms with van der Waals surface area (Å²) in [4.78, 5) is 16.4. The number of carbonyl (C=O) groups is 1. The van der Waals surface area contributed by atoms with Crippen molar-refractivity contribution < 1.29 is 4.79 Å². The average molecular weight is 275 g/mol. The third-order valence-corrected chi connectivity index (χ3v) is 3.94. The maximum absolute atomic E-state index is 12.6. The lowest BCUT2D eigenvalue weighted by molar-refractivity contribution is 0.133. The number of nitrogens with two attached hydrogens (primary N) is 1. The van der Waals surface area contributed by atoms with E-state index in [0.717, 1.165) is 37.4 Å². The van der Waals surface area contributed by atoms with Crippen molar-refractivity contribution in [3.63, 3.8) is 0 Å². The number of hydrogen-bond acceptors (Lipinski definition) is 2. The van der Waals surface area contributed by atoms with Crippen molar-refractivity contribution in [1.29, 1.82) is 0 Å². The van der Waals surface area contributed by atoms with E-state index >= 15 is 0 Å². The zero-order chi connectivity index (χ0) is 14.4. The van der Waals surface area contributed by atoms with Gasteiger partial charge in [0.25, 0.3) is 0 Å². The van der Waals surface area contributed by atoms with Crippen molar-refractivity contribution in [3.05, 3.63) is 35.9 Å². The number of rotatable bonds is 4. The van der Waals surface area contributed by atoms with E-state index in [1.54, 1.807) is 0 Å². The lowest BCUT2D eigenvalue weighted by atomic mass is 9.99. The molecule has 4 nitrogen and oxygen atoms in total. The fourth-order valence-corrected chi connectivity index (χ4v) is 2.60. The molecule has 4 heteroatoms. The Labute approximate surface area is 121 Å². The van der Waals surface area contributed by atoms with Crippen LogP contribution in [0.3, 0.4) is 0 Å². The molecule has 2 amide bonds. The minimum Gasteiger partial charge on any atom is -0.329 e. The molecule has 110 valence electrons. The van der Waals surface area contributed by atoms with Crippen LogP contribution in [0.2, 0.25) is 0 Å². The topological polar surface area (TPSA) is 49.6 Å². The van der Waals surface area contributed by atoms with E-state index in [1.807, 2.05) is 28.0 Å². The average Bonchev–Trinajstić information content (AvgIpc) is 2.48. The Kier molecular flexibility index (Phi) is 5.41. The van der Waals surface area contributed by atoms with E-state index in [2.05, 4.69) is 19.1 Å². The molecule has 0 aromatic heterocycles. The maximum Gasteiger partial charge on any atom is 0.320 e. The first kappa shape index (κ1) is 14.9. The summed E-state index contributed by atoms with van der Waals surface area (Å²) in [7, 11) is 0. The summed E-state index contributed by atoms with van der Waals surface area (Å²) in [5, 5.41) is 0. The van der Waals surface area contributed by atoms with Crippen LogP contribution in [0.5, 0.6) is 0 Å². The van der Waals surface area contributed by atoms with Crippen molar-refractivity contribution >= 4 is 6.03 Å². The van der Waals surface area contributed by atoms with E-state index in [9.17, 15) is 4.79 Å². The van der Waals surface area contributed by atoms with Crippen molar-refractivity contribution in [3.8, 4) is 0 Å². The smallest absolute Gasteiger partial charge is 0.320 e. The highest BCUT2D eigenvalue weighted by Crippen LogP contribution is 2.18. The van der Waals surface area contributed by atoms with Crippen LogP contribution in [0.25, 0.3) is 0 Å². The molecule has 1 fully saturated rings. The first-order chi connectivity index (χ1) is 9.70. The van der Waals surface area contributed by atoms with Crippen LogP contribution >= 0.6 is 0 Å². The minimum absolute atomic E-state index is 0.131. The van der Waals surface area contributed by atoms with E-state index < -0.39 is 0 Å². The van der Waals surface area contributed by atoms with Crippen molar-refractivity contribution in [2.75, 3.05) is 26.2 Å². The lowest BCUT2D eigenvalue weighted by Crippen LogP contribution is -2.47. The van der Waals surface area contributed by atoms with Gasteiger partial charge in [-0.2, -0.15) is 0 Å². The molecular weight excluding hydrogens is 250 g/mol. The second-order valence-electron chi connectivity index (χ2n) is 5.65. The highest BCUT2D eigenvalue weighted by Gasteiger charge is 2.24. The fourth-order valence-electron chi connectivity index (χ4n) is 2.60. The normalized spacial score (nSPS) is 16.2. The summed E-state index contributed by atoms with van der Waals surface area (Å²) in [6, 6.07) is 10.2. The lowest BCUT2D eigenvalue weighted by Gasteiger charge is -2.35. The molecule has 0 atom stereocenters. The highest BCUT2D eigenvalue weighted by molar-refractivity contribution is 5.74. The van der Waals surface area contributed by atoms with Gasteiger partial charge in [0.1, 0.15) is 0 Å². The highest BCUT2D eigenvalue weighted by atomic mass is 16.2. The molecule has 0 saturated carbocycles. The molecule has 20 heavy (non-hydrogen) atoms. The third-order valence-electron chi connectivity index (χ3n) is 3.94. The van der Waals surface area contributed by atoms with Crippen molar-refractivity contribution in [2.24, 2.45) is 11.7 Å². The second kappa shape index (κ2) is 7.29. The number of nitrogens with zero attached hydrogens (tertiary/aromatic N) is 2. The number of benzene rings is 1. The van der Waals surface area contributed by atoms with Gasteiger partial charge in [0, 0.05) is 32.7 Å². The molecule has 0 aliphatic carbocycles. The van der Waals surface area contributed by atoms with Gasteiger partial charge in [0.15, 0.2) is 0 Å². The van der Waals surface area contributed by atoms with Crippen LogP contribution in [0.4, 0.5) is 4.79 Å². The largest absolute Gasteiger partial charge is 0.329 e. The molecule has 0 radical (unpaired) electrons. The quantitative estimate of drug-likeness (QED) is 0.916. The molecule has 2 N–H and O–H groups in total. The zero-order valence-electron chi connectivity index (χ0n) is 12.3. The molecule has 1 saturated heterocycles. The van der Waals surface area contributed by atoms with Gasteiger partial charge in [-0.3, -0.25) is 0 Å². The van der Waals surface area contributed by atoms with Gasteiger partial charge in [-0.1, -0.05) is 37.3 Å². The van der Waals surface area contributed by atoms with Gasteiger partial charge < -0.3 is 15.5 Å². The molecule has 1 aliphatic rings. The summed E-state index contributed by atoms with van der Waals surface area (Å²) < 4.78 is 0. The Balaban J connectivity index is 1.98. The first-order valence-corrected chi connectivity index (χ1v) is 7.48. The van der Waals surface area contributed by atoms with Crippen LogP contribution in [0.1, 0.15) is 25.3 Å². The SMILES string of the molecule is CC1CCN(C(=O)N(CCN)Cc2ccccc2)CC1. The number of hydrogen-bond donors (Lipinski definition) is 1. The first-order valence-electron chi connectivity index (χ1n) is 7.48. The van der Waals surface area contributed by atoms with Gasteiger partial charge in [-0.15, -0.1) is 0 Å². The van der Waals surface area contributed by atoms with Gasteiger partial charge in [-0.05, 0) is 24.3 Å². The monoisotopic (exact) mass is 275 g/mol. The van der Waals surface area contributed by atoms with Crippen LogP contribution < -0.4 is 5.73 Å². The number of amides is 2. The number of urea groups is 1. The Morgan fingerprint density at radius 2 is 1.95 bits per heavy atom. The molecular formula is C16H25N3O. The van der Waals surface area contributed by atoms with E-state index in [1.165, 1.54) is 0 Å². The molecule has 0 unspecified atom stereocenters. The number of piperidine rings is 1. The van der Waals surface area contributed by atoms with E-state index in [4.69, 9.17) is 5.73 Å². The van der Waals surface area contributed by atoms with E-state index in [0.29, 0.717) is 19.6 Å². The molecule has 1 aromatic rings. The third kappa shape index (κ3) is 3.97. The fraction of sp³-hybridized carbons (Fsp3) is 0.562. The second-order valence-corrected chi connectivity index (χ2v) is 5.65. The molecule has 0 spiro atoms. The van der Waals surface area contributed by atoms with Crippen LogP contribution in [0, 0.1) is 5.92 Å². The standard InChI is InChI=1S/C16H25N3O/c1-14-7-10-18(11-8-14)16(20)19(12-9-17)13-15-5-3-2-4-6-15/h2-6,14H,7-13,17H2,1H3. The van der Waals surface area contributed by atoms with Crippen LogP contribution in [-0.4, -0.2) is 42.0 Å². The zero-order valence-corrected chi connectivity index (χ0v) is 12.3. The van der Waals surface area contributed by atoms with Gasteiger partial charge in [-0.25, -0.2) is 4.79 Å². The summed E-state index contributed by atoms with van der Waals surface area (Å²) in [6.45, 7) is 5.75. The number of likely N-dealkylation sites (tertiary alicyclic amines) is 1. The summed E-state index contributed by atoms with van der Waals surface area (Å²) in [6.07, 6.45) is 2.21. The molecule has 0 bridgehead atoms. The Morgan fingerprint density at radius 3 is 2.55 bits per heavy atom. The van der Waals surface area contributed by atoms with Gasteiger partial charge in [0.2, 0.25) is 0 Å². The van der Waals surface area contributed by atoms with Gasteiger partial charge in [0.05, 0.1) is 0 Å². The van der Waals surface area contributed by atoms with Crippen LogP contribution in [0.15, 0.2) is 30.3 Å². The summed E-state index contributed by atoms with van der Waals surface area (Å²) in [5.74, 6) is 0.733. The molecule has 2 rings (SSSR count). The summed E-state index contributed by atoms with van der Waals surface area (Å²) >= 11 is 0. The predicted octanol–water partition coefficient (Wildman–Crippen LogP) is 2.30. The Morgan fingerprint density at radius 1 is 1.30 bits per heavy atom. The summed E-state index contributed by atoms with van der Waals surface area (Å²) in [5.41, 5.74) is 6.81. The molecule has 1 heterocycles. The van der Waals surface area contributed by atoms with E-state index in [-0.39, 0.29) is 6.03 Å². The predicted molar refractivity (Wildman–Crippen MR) is 81.3 cm³/mol. The molecule has 1 aromatic carbocycles. The number of carbonyl (C=O) groups excluding carboxylic acids is 1. The van der Waals surface area contributed by atoms with Gasteiger partial charge >= 0.3 is 6.03 Å². The molecule has 1 aliphatic heterocycles.